The largest absolute Gasteiger partial charge is 0.383 e. The summed E-state index contributed by atoms with van der Waals surface area (Å²) in [4.78, 5) is 15.2. The number of rotatable bonds is 8. The predicted octanol–water partition coefficient (Wildman–Crippen LogP) is 1.37. The third-order valence-electron chi connectivity index (χ3n) is 4.33. The lowest BCUT2D eigenvalue weighted by molar-refractivity contribution is 0.183. The number of nitrogens with zero attached hydrogens (tertiary/aromatic N) is 2. The molecule has 0 aliphatic carbocycles. The Bertz CT molecular complexity index is 539. The minimum absolute atomic E-state index is 0.143. The molecule has 5 heteroatoms. The molecule has 0 radical (unpaired) electrons. The molecular formula is C17H29N3O2. The van der Waals surface area contributed by atoms with E-state index in [1.807, 2.05) is 4.57 Å². The van der Waals surface area contributed by atoms with Crippen molar-refractivity contribution in [3.63, 3.8) is 0 Å². The summed E-state index contributed by atoms with van der Waals surface area (Å²) in [5, 5.41) is 3.35. The van der Waals surface area contributed by atoms with E-state index in [9.17, 15) is 4.79 Å². The maximum atomic E-state index is 12.7. The second-order valence-electron chi connectivity index (χ2n) is 5.89. The first kappa shape index (κ1) is 17.2. The van der Waals surface area contributed by atoms with Crippen LogP contribution in [0.5, 0.6) is 0 Å². The van der Waals surface area contributed by atoms with Gasteiger partial charge in [0, 0.05) is 51.0 Å². The summed E-state index contributed by atoms with van der Waals surface area (Å²) < 4.78 is 7.13. The van der Waals surface area contributed by atoms with Crippen LogP contribution >= 0.6 is 0 Å². The summed E-state index contributed by atoms with van der Waals surface area (Å²) >= 11 is 0. The molecule has 0 aromatic carbocycles. The highest BCUT2D eigenvalue weighted by Gasteiger charge is 2.20. The van der Waals surface area contributed by atoms with Gasteiger partial charge in [-0.3, -0.25) is 9.69 Å². The zero-order valence-electron chi connectivity index (χ0n) is 14.2. The Morgan fingerprint density at radius 3 is 2.86 bits per heavy atom. The van der Waals surface area contributed by atoms with Gasteiger partial charge >= 0.3 is 0 Å². The van der Waals surface area contributed by atoms with Gasteiger partial charge in [-0.25, -0.2) is 0 Å². The zero-order valence-corrected chi connectivity index (χ0v) is 14.2. The Labute approximate surface area is 133 Å². The number of hydrogen-bond acceptors (Lipinski definition) is 4. The Morgan fingerprint density at radius 1 is 1.36 bits per heavy atom. The topological polar surface area (TPSA) is 46.5 Å². The number of nitrogens with one attached hydrogen (secondary N) is 1. The lowest BCUT2D eigenvalue weighted by atomic mass is 10.0. The second kappa shape index (κ2) is 8.46. The molecule has 0 amide bonds. The highest BCUT2D eigenvalue weighted by atomic mass is 16.5. The maximum Gasteiger partial charge on any atom is 0.255 e. The zero-order chi connectivity index (χ0) is 15.9. The molecule has 1 N–H and O–H groups in total. The summed E-state index contributed by atoms with van der Waals surface area (Å²) in [5.41, 5.74) is 3.52. The van der Waals surface area contributed by atoms with Gasteiger partial charge in [0.2, 0.25) is 0 Å². The van der Waals surface area contributed by atoms with Gasteiger partial charge in [-0.2, -0.15) is 0 Å². The van der Waals surface area contributed by atoms with E-state index in [0.717, 1.165) is 44.6 Å². The van der Waals surface area contributed by atoms with Crippen molar-refractivity contribution in [2.45, 2.75) is 46.3 Å². The fourth-order valence-electron chi connectivity index (χ4n) is 3.06. The first-order chi connectivity index (χ1) is 10.7. The number of methoxy groups -OCH3 is 1. The van der Waals surface area contributed by atoms with Crippen LogP contribution < -0.4 is 10.9 Å². The highest BCUT2D eigenvalue weighted by molar-refractivity contribution is 5.29. The Balaban J connectivity index is 2.33. The summed E-state index contributed by atoms with van der Waals surface area (Å²) in [7, 11) is 1.68. The first-order valence-corrected chi connectivity index (χ1v) is 8.37. The molecule has 2 heterocycles. The van der Waals surface area contributed by atoms with E-state index < -0.39 is 0 Å². The van der Waals surface area contributed by atoms with Crippen molar-refractivity contribution in [2.24, 2.45) is 0 Å². The van der Waals surface area contributed by atoms with Crippen LogP contribution in [0.15, 0.2) is 10.9 Å². The van der Waals surface area contributed by atoms with Crippen LogP contribution in [0.1, 0.15) is 37.1 Å². The number of fused-ring (bicyclic) bond motifs is 1. The molecule has 1 aromatic rings. The molecule has 124 valence electrons. The summed E-state index contributed by atoms with van der Waals surface area (Å²) in [5.74, 6) is 0. The third kappa shape index (κ3) is 3.97. The monoisotopic (exact) mass is 307 g/mol. The molecule has 1 aliphatic rings. The normalized spacial score (nSPS) is 15.0. The van der Waals surface area contributed by atoms with Crippen molar-refractivity contribution in [1.29, 1.82) is 0 Å². The number of pyridine rings is 1. The molecular weight excluding hydrogens is 278 g/mol. The van der Waals surface area contributed by atoms with Crippen molar-refractivity contribution < 1.29 is 4.74 Å². The van der Waals surface area contributed by atoms with Gasteiger partial charge in [-0.05, 0) is 31.1 Å². The Kier molecular flexibility index (Phi) is 6.61. The van der Waals surface area contributed by atoms with Gasteiger partial charge in [0.25, 0.3) is 5.56 Å². The minimum atomic E-state index is 0.143. The van der Waals surface area contributed by atoms with Crippen LogP contribution in [0.2, 0.25) is 0 Å². The summed E-state index contributed by atoms with van der Waals surface area (Å²) in [6.07, 6.45) is 2.03. The number of likely N-dealkylation sites (N-methyl/N-ethyl adjacent to an activating group) is 1. The van der Waals surface area contributed by atoms with Gasteiger partial charge < -0.3 is 14.6 Å². The van der Waals surface area contributed by atoms with Crippen molar-refractivity contribution in [2.75, 3.05) is 33.4 Å². The van der Waals surface area contributed by atoms with Gasteiger partial charge in [-0.1, -0.05) is 13.8 Å². The van der Waals surface area contributed by atoms with E-state index in [4.69, 9.17) is 4.74 Å². The molecule has 0 saturated heterocycles. The van der Waals surface area contributed by atoms with E-state index in [1.165, 1.54) is 11.3 Å². The predicted molar refractivity (Wildman–Crippen MR) is 89.2 cm³/mol. The molecule has 0 bridgehead atoms. The average Bonchev–Trinajstić information content (AvgIpc) is 2.54. The first-order valence-electron chi connectivity index (χ1n) is 8.37. The SMILES string of the molecule is CCCNCc1cc2c(n(CCOC)c1=O)CCN(CC)C2. The van der Waals surface area contributed by atoms with Crippen LogP contribution in [0.3, 0.4) is 0 Å². The molecule has 0 atom stereocenters. The van der Waals surface area contributed by atoms with Crippen LogP contribution in [-0.2, 0) is 30.8 Å². The second-order valence-corrected chi connectivity index (χ2v) is 5.89. The van der Waals surface area contributed by atoms with Gasteiger partial charge in [-0.15, -0.1) is 0 Å². The average molecular weight is 307 g/mol. The van der Waals surface area contributed by atoms with Crippen LogP contribution in [-0.4, -0.2) is 42.8 Å². The molecule has 22 heavy (non-hydrogen) atoms. The van der Waals surface area contributed by atoms with Gasteiger partial charge in [0.05, 0.1) is 6.61 Å². The van der Waals surface area contributed by atoms with E-state index in [2.05, 4.69) is 30.1 Å². The summed E-state index contributed by atoms with van der Waals surface area (Å²) in [6.45, 7) is 10.2. The standard InChI is InChI=1S/C17H29N3O2/c1-4-7-18-12-14-11-15-13-19(5-2)8-6-16(15)20(17(14)21)9-10-22-3/h11,18H,4-10,12-13H2,1-3H3. The third-order valence-corrected chi connectivity index (χ3v) is 4.33. The number of hydrogen-bond donors (Lipinski definition) is 1. The van der Waals surface area contributed by atoms with E-state index in [1.54, 1.807) is 7.11 Å². The van der Waals surface area contributed by atoms with E-state index >= 15 is 0 Å². The summed E-state index contributed by atoms with van der Waals surface area (Å²) in [6, 6.07) is 2.12. The molecule has 5 nitrogen and oxygen atoms in total. The number of aromatic nitrogens is 1. The smallest absolute Gasteiger partial charge is 0.255 e. The van der Waals surface area contributed by atoms with Crippen molar-refractivity contribution >= 4 is 0 Å². The minimum Gasteiger partial charge on any atom is -0.383 e. The van der Waals surface area contributed by atoms with Gasteiger partial charge in [0.15, 0.2) is 0 Å². The van der Waals surface area contributed by atoms with Crippen LogP contribution in [0.25, 0.3) is 0 Å². The molecule has 0 saturated carbocycles. The fraction of sp³-hybridized carbons (Fsp3) is 0.706. The molecule has 2 rings (SSSR count). The molecule has 0 spiro atoms. The maximum absolute atomic E-state index is 12.7. The number of ether oxygens (including phenoxy) is 1. The van der Waals surface area contributed by atoms with E-state index in [-0.39, 0.29) is 5.56 Å². The van der Waals surface area contributed by atoms with E-state index in [0.29, 0.717) is 19.7 Å². The molecule has 1 aliphatic heterocycles. The highest BCUT2D eigenvalue weighted by Crippen LogP contribution is 2.18. The molecule has 0 unspecified atom stereocenters. The Morgan fingerprint density at radius 2 is 2.18 bits per heavy atom. The fourth-order valence-corrected chi connectivity index (χ4v) is 3.06. The van der Waals surface area contributed by atoms with Crippen molar-refractivity contribution in [1.82, 2.24) is 14.8 Å². The van der Waals surface area contributed by atoms with Crippen molar-refractivity contribution in [3.05, 3.63) is 33.2 Å². The lowest BCUT2D eigenvalue weighted by Gasteiger charge is -2.30. The van der Waals surface area contributed by atoms with Crippen molar-refractivity contribution in [3.8, 4) is 0 Å². The van der Waals surface area contributed by atoms with Crippen LogP contribution in [0, 0.1) is 0 Å². The Hall–Kier alpha value is -1.17. The van der Waals surface area contributed by atoms with Crippen LogP contribution in [0.4, 0.5) is 0 Å². The molecule has 1 aromatic heterocycles. The van der Waals surface area contributed by atoms with Gasteiger partial charge in [0.1, 0.15) is 0 Å². The molecule has 0 fully saturated rings. The quantitative estimate of drug-likeness (QED) is 0.737. The lowest BCUT2D eigenvalue weighted by Crippen LogP contribution is -2.38.